The van der Waals surface area contributed by atoms with Crippen LogP contribution in [0, 0.1) is 0 Å². The quantitative estimate of drug-likeness (QED) is 0.151. The minimum Gasteiger partial charge on any atom is -0.311 e. The van der Waals surface area contributed by atoms with Gasteiger partial charge in [0.1, 0.15) is 0 Å². The van der Waals surface area contributed by atoms with Crippen LogP contribution in [0.25, 0.3) is 82.8 Å². The number of nitrogens with zero attached hydrogens (tertiary/aromatic N) is 2. The van der Waals surface area contributed by atoms with Crippen LogP contribution in [-0.2, 0) is 0 Å². The largest absolute Gasteiger partial charge is 0.311 e. The van der Waals surface area contributed by atoms with Gasteiger partial charge in [-0.05, 0) is 134 Å². The van der Waals surface area contributed by atoms with Crippen molar-refractivity contribution in [1.82, 2.24) is 4.57 Å². The molecule has 0 unspecified atom stereocenters. The van der Waals surface area contributed by atoms with Crippen molar-refractivity contribution in [1.29, 1.82) is 0 Å². The molecule has 0 amide bonds. The van der Waals surface area contributed by atoms with Crippen LogP contribution in [0.5, 0.6) is 0 Å². The van der Waals surface area contributed by atoms with E-state index in [-0.39, 0.29) is 0 Å². The highest BCUT2D eigenvalue weighted by Gasteiger charge is 2.17. The number of rotatable bonds is 8. The van der Waals surface area contributed by atoms with Gasteiger partial charge in [-0.1, -0.05) is 158 Å². The summed E-state index contributed by atoms with van der Waals surface area (Å²) >= 11 is 4.81. The van der Waals surface area contributed by atoms with Crippen LogP contribution in [0.3, 0.4) is 0 Å². The predicted octanol–water partition coefficient (Wildman–Crippen LogP) is 16.4. The van der Waals surface area contributed by atoms with Crippen molar-refractivity contribution >= 4 is 62.3 Å². The van der Waals surface area contributed by atoms with E-state index in [9.17, 15) is 0 Å². The van der Waals surface area contributed by atoms with Crippen molar-refractivity contribution in [2.75, 3.05) is 4.90 Å². The monoisotopic (exact) mass is 796 g/mol. The van der Waals surface area contributed by atoms with Crippen LogP contribution >= 0.6 is 12.6 Å². The maximum atomic E-state index is 4.81. The van der Waals surface area contributed by atoms with Crippen molar-refractivity contribution in [3.05, 3.63) is 237 Å². The Bertz CT molecular complexity index is 3330. The molecule has 1 heterocycles. The predicted molar refractivity (Wildman–Crippen MR) is 262 cm³/mol. The lowest BCUT2D eigenvalue weighted by atomic mass is 9.97. The Morgan fingerprint density at radius 3 is 1.49 bits per heavy atom. The third kappa shape index (κ3) is 6.76. The zero-order valence-corrected chi connectivity index (χ0v) is 34.3. The van der Waals surface area contributed by atoms with Gasteiger partial charge in [-0.3, -0.25) is 0 Å². The first-order valence-electron chi connectivity index (χ1n) is 20.7. The van der Waals surface area contributed by atoms with Crippen LogP contribution < -0.4 is 4.90 Å². The molecule has 0 saturated carbocycles. The third-order valence-corrected chi connectivity index (χ3v) is 12.3. The first kappa shape index (κ1) is 36.5. The van der Waals surface area contributed by atoms with Crippen molar-refractivity contribution in [2.45, 2.75) is 4.90 Å². The third-order valence-electron chi connectivity index (χ3n) is 11.9. The number of para-hydroxylation sites is 2. The Balaban J connectivity index is 0.975. The Hall–Kier alpha value is -7.59. The Labute approximate surface area is 361 Å². The molecule has 0 spiro atoms. The van der Waals surface area contributed by atoms with Crippen LogP contribution in [0.1, 0.15) is 0 Å². The molecular formula is C58H40N2S. The average molecular weight is 797 g/mol. The minimum atomic E-state index is 0.965. The fraction of sp³-hybridized carbons (Fsp3) is 0. The second-order valence-electron chi connectivity index (χ2n) is 15.5. The SMILES string of the molecule is Sc1ccc(-c2ccc(N(c3ccc(-c4ccc5c(c4)c4ccccc4n5-c4ccccc4)cc3)c3ccc(-c4cccc5ccccc45)cc3)cc2)cc1-c1ccccc1. The van der Waals surface area contributed by atoms with E-state index in [0.717, 1.165) is 49.9 Å². The molecule has 0 N–H and O–H groups in total. The van der Waals surface area contributed by atoms with Gasteiger partial charge in [0.2, 0.25) is 0 Å². The van der Waals surface area contributed by atoms with E-state index in [1.165, 1.54) is 54.8 Å². The molecule has 0 radical (unpaired) electrons. The van der Waals surface area contributed by atoms with Crippen LogP contribution in [0.2, 0.25) is 0 Å². The summed E-state index contributed by atoms with van der Waals surface area (Å²) in [5, 5.41) is 4.99. The molecule has 0 aliphatic heterocycles. The summed E-state index contributed by atoms with van der Waals surface area (Å²) in [6.45, 7) is 0. The molecule has 0 bridgehead atoms. The molecule has 0 aliphatic carbocycles. The molecule has 11 rings (SSSR count). The summed E-state index contributed by atoms with van der Waals surface area (Å²) in [5.74, 6) is 0. The second-order valence-corrected chi connectivity index (χ2v) is 16.0. The molecule has 61 heavy (non-hydrogen) atoms. The summed E-state index contributed by atoms with van der Waals surface area (Å²) < 4.78 is 2.36. The Morgan fingerprint density at radius 1 is 0.311 bits per heavy atom. The first-order chi connectivity index (χ1) is 30.2. The standard InChI is InChI=1S/C58H40N2S/c61-58-37-29-46(38-54(58)43-12-3-1-4-13-43)41-24-32-49(33-25-41)59(50-34-26-44(27-35-50)52-20-11-15-42-14-7-8-18-51(42)52)48-30-22-40(23-31-48)45-28-36-57-55(39-45)53-19-9-10-21-56(53)60(57)47-16-5-2-6-17-47/h1-39,61H. The fourth-order valence-corrected chi connectivity index (χ4v) is 9.16. The normalized spacial score (nSPS) is 11.4. The molecule has 10 aromatic carbocycles. The fourth-order valence-electron chi connectivity index (χ4n) is 8.89. The van der Waals surface area contributed by atoms with E-state index < -0.39 is 0 Å². The average Bonchev–Trinajstić information content (AvgIpc) is 3.67. The highest BCUT2D eigenvalue weighted by molar-refractivity contribution is 7.80. The first-order valence-corrected chi connectivity index (χ1v) is 21.2. The topological polar surface area (TPSA) is 8.17 Å². The van der Waals surface area contributed by atoms with E-state index in [4.69, 9.17) is 12.6 Å². The van der Waals surface area contributed by atoms with Gasteiger partial charge in [0.15, 0.2) is 0 Å². The van der Waals surface area contributed by atoms with Crippen LogP contribution in [0.4, 0.5) is 17.1 Å². The number of benzene rings is 10. The van der Waals surface area contributed by atoms with Crippen LogP contribution in [-0.4, -0.2) is 4.57 Å². The highest BCUT2D eigenvalue weighted by atomic mass is 32.1. The summed E-state index contributed by atoms with van der Waals surface area (Å²) in [4.78, 5) is 3.32. The lowest BCUT2D eigenvalue weighted by molar-refractivity contribution is 1.18. The van der Waals surface area contributed by atoms with Gasteiger partial charge < -0.3 is 9.47 Å². The summed E-state index contributed by atoms with van der Waals surface area (Å²) in [6, 6.07) is 85.2. The van der Waals surface area contributed by atoms with Crippen molar-refractivity contribution in [2.24, 2.45) is 0 Å². The zero-order chi connectivity index (χ0) is 40.7. The maximum absolute atomic E-state index is 4.81. The number of thiol groups is 1. The second kappa shape index (κ2) is 15.5. The van der Waals surface area contributed by atoms with Gasteiger partial charge in [-0.25, -0.2) is 0 Å². The molecule has 288 valence electrons. The molecule has 3 heteroatoms. The lowest BCUT2D eigenvalue weighted by Gasteiger charge is -2.26. The Kier molecular flexibility index (Phi) is 9.30. The summed E-state index contributed by atoms with van der Waals surface area (Å²) in [6.07, 6.45) is 0. The number of fused-ring (bicyclic) bond motifs is 4. The van der Waals surface area contributed by atoms with Crippen LogP contribution in [0.15, 0.2) is 241 Å². The number of hydrogen-bond acceptors (Lipinski definition) is 2. The van der Waals surface area contributed by atoms with Gasteiger partial charge in [0.25, 0.3) is 0 Å². The number of anilines is 3. The molecule has 1 aromatic heterocycles. The van der Waals surface area contributed by atoms with Gasteiger partial charge >= 0.3 is 0 Å². The van der Waals surface area contributed by atoms with E-state index in [0.29, 0.717) is 0 Å². The minimum absolute atomic E-state index is 0.965. The van der Waals surface area contributed by atoms with Gasteiger partial charge in [0.05, 0.1) is 11.0 Å². The van der Waals surface area contributed by atoms with Crippen molar-refractivity contribution in [3.63, 3.8) is 0 Å². The van der Waals surface area contributed by atoms with Gasteiger partial charge in [0, 0.05) is 38.4 Å². The number of hydrogen-bond donors (Lipinski definition) is 1. The van der Waals surface area contributed by atoms with E-state index in [2.05, 4.69) is 240 Å². The summed E-state index contributed by atoms with van der Waals surface area (Å²) in [5.41, 5.74) is 16.2. The molecule has 2 nitrogen and oxygen atoms in total. The molecule has 0 saturated heterocycles. The van der Waals surface area contributed by atoms with Crippen molar-refractivity contribution in [3.8, 4) is 50.2 Å². The molecular weight excluding hydrogens is 757 g/mol. The molecule has 0 atom stereocenters. The van der Waals surface area contributed by atoms with E-state index >= 15 is 0 Å². The highest BCUT2D eigenvalue weighted by Crippen LogP contribution is 2.40. The van der Waals surface area contributed by atoms with Crippen molar-refractivity contribution < 1.29 is 0 Å². The molecule has 0 aliphatic rings. The smallest absolute Gasteiger partial charge is 0.0541 e. The lowest BCUT2D eigenvalue weighted by Crippen LogP contribution is -2.09. The molecule has 11 aromatic rings. The van der Waals surface area contributed by atoms with E-state index in [1.54, 1.807) is 0 Å². The van der Waals surface area contributed by atoms with E-state index in [1.807, 2.05) is 6.07 Å². The maximum Gasteiger partial charge on any atom is 0.0541 e. The number of aromatic nitrogens is 1. The van der Waals surface area contributed by atoms with Gasteiger partial charge in [-0.15, -0.1) is 12.6 Å². The zero-order valence-electron chi connectivity index (χ0n) is 33.4. The Morgan fingerprint density at radius 2 is 0.803 bits per heavy atom. The molecule has 0 fully saturated rings. The van der Waals surface area contributed by atoms with Gasteiger partial charge in [-0.2, -0.15) is 0 Å². The summed E-state index contributed by atoms with van der Waals surface area (Å²) in [7, 11) is 0.